The maximum atomic E-state index is 11.9. The molecule has 0 aromatic rings. The summed E-state index contributed by atoms with van der Waals surface area (Å²) in [5.41, 5.74) is 0. The van der Waals surface area contributed by atoms with E-state index in [4.69, 9.17) is 9.84 Å². The van der Waals surface area contributed by atoms with Crippen molar-refractivity contribution in [2.45, 2.75) is 31.4 Å². The van der Waals surface area contributed by atoms with Crippen molar-refractivity contribution in [3.8, 4) is 0 Å². The van der Waals surface area contributed by atoms with Crippen molar-refractivity contribution in [1.82, 2.24) is 10.2 Å². The van der Waals surface area contributed by atoms with E-state index in [1.54, 1.807) is 24.1 Å². The maximum Gasteiger partial charge on any atom is 0.317 e. The van der Waals surface area contributed by atoms with E-state index in [1.165, 1.54) is 0 Å². The molecule has 6 nitrogen and oxygen atoms in total. The molecule has 19 heavy (non-hydrogen) atoms. The summed E-state index contributed by atoms with van der Waals surface area (Å²) in [5, 5.41) is 11.7. The van der Waals surface area contributed by atoms with Gasteiger partial charge in [0.1, 0.15) is 0 Å². The van der Waals surface area contributed by atoms with E-state index < -0.39 is 11.9 Å². The van der Waals surface area contributed by atoms with Gasteiger partial charge in [-0.3, -0.25) is 4.79 Å². The van der Waals surface area contributed by atoms with Crippen LogP contribution in [0.1, 0.15) is 19.3 Å². The van der Waals surface area contributed by atoms with E-state index in [0.717, 1.165) is 19.4 Å². The summed E-state index contributed by atoms with van der Waals surface area (Å²) >= 11 is 0. The van der Waals surface area contributed by atoms with Gasteiger partial charge in [-0.1, -0.05) is 12.2 Å². The molecule has 1 heterocycles. The topological polar surface area (TPSA) is 78.9 Å². The Morgan fingerprint density at radius 1 is 1.47 bits per heavy atom. The molecule has 2 amide bonds. The van der Waals surface area contributed by atoms with Gasteiger partial charge in [0, 0.05) is 20.2 Å². The molecule has 0 aromatic carbocycles. The van der Waals surface area contributed by atoms with Gasteiger partial charge in [0.15, 0.2) is 0 Å². The van der Waals surface area contributed by atoms with Crippen molar-refractivity contribution < 1.29 is 19.4 Å². The molecular formula is C13H20N2O4. The molecule has 2 aliphatic rings. The van der Waals surface area contributed by atoms with Crippen LogP contribution in [0, 0.1) is 5.92 Å². The fourth-order valence-electron chi connectivity index (χ4n) is 2.43. The number of carbonyl (C=O) groups is 2. The minimum absolute atomic E-state index is 0.127. The second-order valence-corrected chi connectivity index (χ2v) is 5.14. The lowest BCUT2D eigenvalue weighted by Crippen LogP contribution is -2.44. The summed E-state index contributed by atoms with van der Waals surface area (Å²) in [6, 6.07) is -0.378. The number of nitrogens with zero attached hydrogens (tertiary/aromatic N) is 1. The lowest BCUT2D eigenvalue weighted by Gasteiger charge is -2.23. The minimum Gasteiger partial charge on any atom is -0.481 e. The number of likely N-dealkylation sites (N-methyl/N-ethyl adjacent to an activating group) is 1. The summed E-state index contributed by atoms with van der Waals surface area (Å²) in [4.78, 5) is 24.3. The van der Waals surface area contributed by atoms with E-state index in [9.17, 15) is 9.59 Å². The molecule has 1 fully saturated rings. The third kappa shape index (κ3) is 3.70. The summed E-state index contributed by atoms with van der Waals surface area (Å²) in [5.74, 6) is -1.34. The largest absolute Gasteiger partial charge is 0.481 e. The second-order valence-electron chi connectivity index (χ2n) is 5.14. The van der Waals surface area contributed by atoms with Gasteiger partial charge in [0.05, 0.1) is 18.1 Å². The molecular weight excluding hydrogens is 248 g/mol. The lowest BCUT2D eigenvalue weighted by molar-refractivity contribution is -0.140. The Bertz CT molecular complexity index is 377. The smallest absolute Gasteiger partial charge is 0.317 e. The maximum absolute atomic E-state index is 11.9. The van der Waals surface area contributed by atoms with Crippen LogP contribution < -0.4 is 5.32 Å². The highest BCUT2D eigenvalue weighted by molar-refractivity contribution is 5.76. The van der Waals surface area contributed by atoms with E-state index >= 15 is 0 Å². The molecule has 0 aromatic heterocycles. The van der Waals surface area contributed by atoms with Crippen molar-refractivity contribution in [1.29, 1.82) is 0 Å². The first-order valence-corrected chi connectivity index (χ1v) is 6.60. The predicted molar refractivity (Wildman–Crippen MR) is 68.8 cm³/mol. The van der Waals surface area contributed by atoms with E-state index in [1.807, 2.05) is 0 Å². The van der Waals surface area contributed by atoms with Crippen LogP contribution in [-0.2, 0) is 9.53 Å². The Morgan fingerprint density at radius 2 is 2.26 bits per heavy atom. The summed E-state index contributed by atoms with van der Waals surface area (Å²) in [6.45, 7) is 1.34. The van der Waals surface area contributed by atoms with Gasteiger partial charge in [-0.05, 0) is 19.3 Å². The molecule has 0 bridgehead atoms. The number of nitrogens with one attached hydrogen (secondary N) is 1. The quantitative estimate of drug-likeness (QED) is 0.740. The summed E-state index contributed by atoms with van der Waals surface area (Å²) in [7, 11) is 1.73. The number of carboxylic acid groups (broad SMARTS) is 1. The monoisotopic (exact) mass is 268 g/mol. The zero-order valence-electron chi connectivity index (χ0n) is 11.0. The fourth-order valence-corrected chi connectivity index (χ4v) is 2.43. The Kier molecular flexibility index (Phi) is 4.42. The second kappa shape index (κ2) is 6.06. The molecule has 1 saturated heterocycles. The first-order valence-electron chi connectivity index (χ1n) is 6.60. The predicted octanol–water partition coefficient (Wildman–Crippen LogP) is 0.836. The van der Waals surface area contributed by atoms with Gasteiger partial charge < -0.3 is 20.1 Å². The van der Waals surface area contributed by atoms with Gasteiger partial charge in [0.25, 0.3) is 0 Å². The van der Waals surface area contributed by atoms with Crippen molar-refractivity contribution in [3.63, 3.8) is 0 Å². The van der Waals surface area contributed by atoms with Gasteiger partial charge >= 0.3 is 12.0 Å². The van der Waals surface area contributed by atoms with Crippen LogP contribution in [0.25, 0.3) is 0 Å². The Balaban J connectivity index is 1.75. The summed E-state index contributed by atoms with van der Waals surface area (Å²) < 4.78 is 5.48. The SMILES string of the molecule is CN(CC1CCCO1)C(=O)NC1C=CC(C(=O)O)C1. The van der Waals surface area contributed by atoms with Crippen LogP contribution in [-0.4, -0.2) is 54.4 Å². The zero-order valence-corrected chi connectivity index (χ0v) is 11.0. The first-order chi connectivity index (χ1) is 9.06. The number of hydrogen-bond acceptors (Lipinski definition) is 3. The molecule has 0 saturated carbocycles. The molecule has 6 heteroatoms. The van der Waals surface area contributed by atoms with Crippen molar-refractivity contribution >= 4 is 12.0 Å². The molecule has 3 unspecified atom stereocenters. The number of aliphatic carboxylic acids is 1. The van der Waals surface area contributed by atoms with Crippen molar-refractivity contribution in [2.75, 3.05) is 20.2 Å². The van der Waals surface area contributed by atoms with Crippen molar-refractivity contribution in [2.24, 2.45) is 5.92 Å². The number of hydrogen-bond donors (Lipinski definition) is 2. The molecule has 1 aliphatic heterocycles. The normalized spacial score (nSPS) is 29.4. The Labute approximate surface area is 112 Å². The molecule has 2 N–H and O–H groups in total. The number of urea groups is 1. The Hall–Kier alpha value is -1.56. The highest BCUT2D eigenvalue weighted by Crippen LogP contribution is 2.18. The lowest BCUT2D eigenvalue weighted by atomic mass is 10.1. The molecule has 2 rings (SSSR count). The number of rotatable bonds is 4. The first kappa shape index (κ1) is 13.9. The van der Waals surface area contributed by atoms with Gasteiger partial charge in [-0.15, -0.1) is 0 Å². The van der Waals surface area contributed by atoms with Gasteiger partial charge in [-0.2, -0.15) is 0 Å². The van der Waals surface area contributed by atoms with Crippen molar-refractivity contribution in [3.05, 3.63) is 12.2 Å². The third-order valence-corrected chi connectivity index (χ3v) is 3.56. The van der Waals surface area contributed by atoms with Gasteiger partial charge in [0.2, 0.25) is 0 Å². The zero-order chi connectivity index (χ0) is 13.8. The van der Waals surface area contributed by atoms with E-state index in [2.05, 4.69) is 5.32 Å². The van der Waals surface area contributed by atoms with Crippen LogP contribution in [0.4, 0.5) is 4.79 Å². The third-order valence-electron chi connectivity index (χ3n) is 3.56. The minimum atomic E-state index is -0.847. The molecule has 0 radical (unpaired) electrons. The molecule has 3 atom stereocenters. The van der Waals surface area contributed by atoms with Crippen LogP contribution >= 0.6 is 0 Å². The molecule has 0 spiro atoms. The number of carboxylic acids is 1. The van der Waals surface area contributed by atoms with Crippen LogP contribution in [0.15, 0.2) is 12.2 Å². The summed E-state index contributed by atoms with van der Waals surface area (Å²) in [6.07, 6.45) is 5.97. The number of amides is 2. The average Bonchev–Trinajstić information content (AvgIpc) is 2.99. The highest BCUT2D eigenvalue weighted by Gasteiger charge is 2.27. The fraction of sp³-hybridized carbons (Fsp3) is 0.692. The van der Waals surface area contributed by atoms with Crippen LogP contribution in [0.3, 0.4) is 0 Å². The Morgan fingerprint density at radius 3 is 2.84 bits per heavy atom. The van der Waals surface area contributed by atoms with E-state index in [-0.39, 0.29) is 18.2 Å². The molecule has 1 aliphatic carbocycles. The molecule has 106 valence electrons. The van der Waals surface area contributed by atoms with Crippen LogP contribution in [0.5, 0.6) is 0 Å². The standard InChI is InChI=1S/C13H20N2O4/c1-15(8-11-3-2-6-19-11)13(18)14-10-5-4-9(7-10)12(16)17/h4-5,9-11H,2-3,6-8H2,1H3,(H,14,18)(H,16,17). The average molecular weight is 268 g/mol. The highest BCUT2D eigenvalue weighted by atomic mass is 16.5. The number of carbonyl (C=O) groups excluding carboxylic acids is 1. The number of ether oxygens (including phenoxy) is 1. The van der Waals surface area contributed by atoms with Gasteiger partial charge in [-0.25, -0.2) is 4.79 Å². The van der Waals surface area contributed by atoms with Crippen LogP contribution in [0.2, 0.25) is 0 Å². The van der Waals surface area contributed by atoms with E-state index in [0.29, 0.717) is 13.0 Å².